The van der Waals surface area contributed by atoms with Gasteiger partial charge in [0.25, 0.3) is 0 Å². The van der Waals surface area contributed by atoms with Gasteiger partial charge in [0.1, 0.15) is 0 Å². The molecule has 0 heteroatoms. The van der Waals surface area contributed by atoms with E-state index in [0.29, 0.717) is 5.92 Å². The lowest BCUT2D eigenvalue weighted by atomic mass is 9.92. The van der Waals surface area contributed by atoms with Crippen LogP contribution in [0.25, 0.3) is 0 Å². The highest BCUT2D eigenvalue weighted by Crippen LogP contribution is 2.23. The molecule has 0 fully saturated rings. The van der Waals surface area contributed by atoms with Crippen LogP contribution in [0.1, 0.15) is 29.5 Å². The van der Waals surface area contributed by atoms with Crippen molar-refractivity contribution in [2.24, 2.45) is 0 Å². The molecule has 0 heterocycles. The van der Waals surface area contributed by atoms with Crippen molar-refractivity contribution in [2.45, 2.75) is 19.8 Å². The summed E-state index contributed by atoms with van der Waals surface area (Å²) in [4.78, 5) is 0. The van der Waals surface area contributed by atoms with E-state index >= 15 is 0 Å². The molecule has 81 valence electrons. The van der Waals surface area contributed by atoms with E-state index in [9.17, 15) is 0 Å². The number of aryl methyl sites for hydroxylation is 1. The second kappa shape index (κ2) is 4.98. The highest BCUT2D eigenvalue weighted by Gasteiger charge is 2.07. The normalized spacial score (nSPS) is 12.4. The van der Waals surface area contributed by atoms with E-state index in [1.807, 2.05) is 0 Å². The van der Waals surface area contributed by atoms with Gasteiger partial charge in [-0.15, -0.1) is 0 Å². The van der Waals surface area contributed by atoms with Gasteiger partial charge in [0.15, 0.2) is 0 Å². The zero-order chi connectivity index (χ0) is 11.4. The lowest BCUT2D eigenvalue weighted by molar-refractivity contribution is 0.901. The Bertz CT molecular complexity index is 443. The first kappa shape index (κ1) is 10.9. The van der Waals surface area contributed by atoms with Crippen molar-refractivity contribution in [3.05, 3.63) is 77.7 Å². The molecule has 0 bridgehead atoms. The number of rotatable bonds is 3. The summed E-state index contributed by atoms with van der Waals surface area (Å²) in [6.07, 6.45) is 2.32. The molecule has 0 aliphatic rings. The first-order chi connectivity index (χ1) is 7.77. The lowest BCUT2D eigenvalue weighted by Gasteiger charge is -2.13. The minimum absolute atomic E-state index is 0.460. The molecule has 0 saturated carbocycles. The van der Waals surface area contributed by atoms with E-state index in [4.69, 9.17) is 0 Å². The van der Waals surface area contributed by atoms with Crippen LogP contribution in [-0.4, -0.2) is 0 Å². The van der Waals surface area contributed by atoms with Gasteiger partial charge < -0.3 is 0 Å². The molecule has 0 saturated heterocycles. The van der Waals surface area contributed by atoms with E-state index < -0.39 is 0 Å². The molecule has 2 aromatic carbocycles. The predicted octanol–water partition coefficient (Wildman–Crippen LogP) is 4.35. The van der Waals surface area contributed by atoms with Gasteiger partial charge in [0.05, 0.1) is 0 Å². The van der Waals surface area contributed by atoms with Crippen molar-refractivity contribution >= 4 is 0 Å². The van der Waals surface area contributed by atoms with Gasteiger partial charge in [0, 0.05) is 0 Å². The van der Waals surface area contributed by atoms with Crippen LogP contribution in [0.3, 0.4) is 0 Å². The molecule has 2 aromatic rings. The van der Waals surface area contributed by atoms with Crippen LogP contribution in [0, 0.1) is 13.3 Å². The van der Waals surface area contributed by atoms with Crippen molar-refractivity contribution in [3.8, 4) is 0 Å². The van der Waals surface area contributed by atoms with Gasteiger partial charge >= 0.3 is 0 Å². The van der Waals surface area contributed by atoms with Gasteiger partial charge in [-0.2, -0.15) is 0 Å². The Balaban J connectivity index is 2.14. The number of hydrogen-bond acceptors (Lipinski definition) is 0. The standard InChI is InChI=1S/C16H17/c1-13-8-6-7-11-16(13)12-14(2)15-9-4-3-5-10-15/h3-12,14H,1-2H3. The summed E-state index contributed by atoms with van der Waals surface area (Å²) in [5.74, 6) is 0.460. The van der Waals surface area contributed by atoms with Gasteiger partial charge in [0.2, 0.25) is 0 Å². The fourth-order valence-electron chi connectivity index (χ4n) is 1.90. The first-order valence-electron chi connectivity index (χ1n) is 5.73. The Morgan fingerprint density at radius 3 is 2.19 bits per heavy atom. The number of hydrogen-bond donors (Lipinski definition) is 0. The molecule has 1 atom stereocenters. The van der Waals surface area contributed by atoms with Crippen molar-refractivity contribution in [2.75, 3.05) is 0 Å². The Labute approximate surface area is 97.9 Å². The van der Waals surface area contributed by atoms with Gasteiger partial charge in [-0.05, 0) is 36.0 Å². The molecule has 0 amide bonds. The third-order valence-corrected chi connectivity index (χ3v) is 2.94. The molecule has 1 radical (unpaired) electrons. The highest BCUT2D eigenvalue weighted by molar-refractivity contribution is 5.36. The van der Waals surface area contributed by atoms with E-state index in [1.165, 1.54) is 16.7 Å². The Hall–Kier alpha value is -1.56. The third-order valence-electron chi connectivity index (χ3n) is 2.94. The Morgan fingerprint density at radius 2 is 1.50 bits per heavy atom. The molecule has 2 rings (SSSR count). The van der Waals surface area contributed by atoms with Crippen LogP contribution in [0.4, 0.5) is 0 Å². The minimum Gasteiger partial charge on any atom is -0.0622 e. The van der Waals surface area contributed by atoms with E-state index in [2.05, 4.69) is 74.9 Å². The Kier molecular flexibility index (Phi) is 3.40. The van der Waals surface area contributed by atoms with Crippen LogP contribution in [0.5, 0.6) is 0 Å². The van der Waals surface area contributed by atoms with Crippen LogP contribution >= 0.6 is 0 Å². The van der Waals surface area contributed by atoms with Crippen LogP contribution in [0.15, 0.2) is 54.6 Å². The molecule has 0 aliphatic heterocycles. The van der Waals surface area contributed by atoms with Crippen molar-refractivity contribution in [1.29, 1.82) is 0 Å². The Morgan fingerprint density at radius 1 is 0.875 bits per heavy atom. The van der Waals surface area contributed by atoms with Crippen molar-refractivity contribution < 1.29 is 0 Å². The summed E-state index contributed by atoms with van der Waals surface area (Å²) >= 11 is 0. The monoisotopic (exact) mass is 209 g/mol. The van der Waals surface area contributed by atoms with Gasteiger partial charge in [-0.3, -0.25) is 0 Å². The molecule has 0 aromatic heterocycles. The molecule has 0 aliphatic carbocycles. The summed E-state index contributed by atoms with van der Waals surface area (Å²) in [5, 5.41) is 0. The highest BCUT2D eigenvalue weighted by atomic mass is 14.1. The average Bonchev–Trinajstić information content (AvgIpc) is 2.33. The fraction of sp³-hybridized carbons (Fsp3) is 0.188. The molecule has 16 heavy (non-hydrogen) atoms. The minimum atomic E-state index is 0.460. The average molecular weight is 209 g/mol. The zero-order valence-electron chi connectivity index (χ0n) is 9.85. The van der Waals surface area contributed by atoms with Crippen LogP contribution in [-0.2, 0) is 0 Å². The van der Waals surface area contributed by atoms with E-state index in [0.717, 1.165) is 0 Å². The molecule has 0 spiro atoms. The maximum atomic E-state index is 2.32. The summed E-state index contributed by atoms with van der Waals surface area (Å²) in [7, 11) is 0. The van der Waals surface area contributed by atoms with Crippen molar-refractivity contribution in [3.63, 3.8) is 0 Å². The topological polar surface area (TPSA) is 0 Å². The lowest BCUT2D eigenvalue weighted by Crippen LogP contribution is -1.97. The second-order valence-corrected chi connectivity index (χ2v) is 4.22. The maximum Gasteiger partial charge on any atom is -0.00184 e. The summed E-state index contributed by atoms with van der Waals surface area (Å²) in [6.45, 7) is 4.39. The van der Waals surface area contributed by atoms with E-state index in [1.54, 1.807) is 0 Å². The molecule has 0 nitrogen and oxygen atoms in total. The van der Waals surface area contributed by atoms with Crippen LogP contribution in [0.2, 0.25) is 0 Å². The molecule has 0 N–H and O–H groups in total. The van der Waals surface area contributed by atoms with E-state index in [-0.39, 0.29) is 0 Å². The quantitative estimate of drug-likeness (QED) is 0.705. The van der Waals surface area contributed by atoms with Gasteiger partial charge in [-0.1, -0.05) is 61.5 Å². The van der Waals surface area contributed by atoms with Crippen LogP contribution < -0.4 is 0 Å². The van der Waals surface area contributed by atoms with Gasteiger partial charge in [-0.25, -0.2) is 0 Å². The molecular weight excluding hydrogens is 192 g/mol. The largest absolute Gasteiger partial charge is 0.0622 e. The second-order valence-electron chi connectivity index (χ2n) is 4.22. The molecular formula is C16H17. The fourth-order valence-corrected chi connectivity index (χ4v) is 1.90. The van der Waals surface area contributed by atoms with Crippen molar-refractivity contribution in [1.82, 2.24) is 0 Å². The molecule has 1 unspecified atom stereocenters. The predicted molar refractivity (Wildman–Crippen MR) is 69.4 cm³/mol. The summed E-state index contributed by atoms with van der Waals surface area (Å²) < 4.78 is 0. The first-order valence-corrected chi connectivity index (χ1v) is 5.73. The summed E-state index contributed by atoms with van der Waals surface area (Å²) in [5.41, 5.74) is 4.04. The third kappa shape index (κ3) is 2.52. The smallest absolute Gasteiger partial charge is 0.00184 e. The summed E-state index contributed by atoms with van der Waals surface area (Å²) in [6, 6.07) is 19.1. The maximum absolute atomic E-state index is 2.32. The number of benzene rings is 2. The zero-order valence-corrected chi connectivity index (χ0v) is 9.85. The SMILES string of the molecule is Cc1ccccc1[CH]C(C)c1ccccc1.